The minimum absolute atomic E-state index is 0.0196. The highest BCUT2D eigenvalue weighted by molar-refractivity contribution is 6.00. The van der Waals surface area contributed by atoms with Gasteiger partial charge in [0.2, 0.25) is 11.8 Å². The van der Waals surface area contributed by atoms with Gasteiger partial charge >= 0.3 is 0 Å². The van der Waals surface area contributed by atoms with E-state index in [0.717, 1.165) is 48.4 Å². The van der Waals surface area contributed by atoms with Crippen LogP contribution >= 0.6 is 0 Å². The fourth-order valence-electron chi connectivity index (χ4n) is 4.46. The lowest BCUT2D eigenvalue weighted by molar-refractivity contribution is -0.138. The molecule has 1 aromatic heterocycles. The van der Waals surface area contributed by atoms with Gasteiger partial charge in [-0.1, -0.05) is 26.0 Å². The predicted octanol–water partition coefficient (Wildman–Crippen LogP) is 3.59. The van der Waals surface area contributed by atoms with Crippen LogP contribution in [0.15, 0.2) is 24.3 Å². The van der Waals surface area contributed by atoms with Crippen LogP contribution in [-0.2, 0) is 22.6 Å². The zero-order valence-corrected chi connectivity index (χ0v) is 18.7. The number of fused-ring (bicyclic) bond motifs is 1. The molecule has 0 saturated carbocycles. The smallest absolute Gasteiger partial charge is 0.233 e. The first kappa shape index (κ1) is 21.3. The molecule has 3 heterocycles. The summed E-state index contributed by atoms with van der Waals surface area (Å²) in [4.78, 5) is 39.0. The first-order valence-corrected chi connectivity index (χ1v) is 11.0. The Bertz CT molecular complexity index is 1000. The number of rotatable bonds is 5. The van der Waals surface area contributed by atoms with E-state index < -0.39 is 0 Å². The maximum absolute atomic E-state index is 12.9. The number of likely N-dealkylation sites (tertiary alicyclic amines) is 1. The molecule has 164 valence electrons. The van der Waals surface area contributed by atoms with E-state index in [9.17, 15) is 9.59 Å². The fraction of sp³-hybridized carbons (Fsp3) is 0.500. The summed E-state index contributed by atoms with van der Waals surface area (Å²) in [6.07, 6.45) is 3.20. The van der Waals surface area contributed by atoms with Crippen LogP contribution in [0, 0.1) is 12.8 Å². The lowest BCUT2D eigenvalue weighted by Crippen LogP contribution is -2.41. The molecule has 2 aliphatic rings. The number of methoxy groups -OCH3 is 1. The molecule has 2 aromatic rings. The van der Waals surface area contributed by atoms with E-state index in [-0.39, 0.29) is 23.8 Å². The summed E-state index contributed by atoms with van der Waals surface area (Å²) in [6.45, 7) is 6.95. The Morgan fingerprint density at radius 1 is 1.26 bits per heavy atom. The summed E-state index contributed by atoms with van der Waals surface area (Å²) in [7, 11) is 1.63. The molecule has 0 unspecified atom stereocenters. The number of hydrogen-bond donors (Lipinski definition) is 0. The molecule has 2 aliphatic heterocycles. The molecule has 0 spiro atoms. The number of carbonyl (C=O) groups is 2. The van der Waals surface area contributed by atoms with Crippen LogP contribution in [0.25, 0.3) is 0 Å². The largest absolute Gasteiger partial charge is 0.497 e. The molecular weight excluding hydrogens is 392 g/mol. The quantitative estimate of drug-likeness (QED) is 0.736. The molecule has 2 amide bonds. The van der Waals surface area contributed by atoms with E-state index in [4.69, 9.17) is 14.7 Å². The minimum atomic E-state index is -0.137. The molecule has 1 atom stereocenters. The molecule has 31 heavy (non-hydrogen) atoms. The van der Waals surface area contributed by atoms with Gasteiger partial charge in [-0.05, 0) is 43.9 Å². The average molecular weight is 423 g/mol. The van der Waals surface area contributed by atoms with Gasteiger partial charge < -0.3 is 9.64 Å². The van der Waals surface area contributed by atoms with Gasteiger partial charge in [-0.2, -0.15) is 0 Å². The molecule has 1 fully saturated rings. The second kappa shape index (κ2) is 8.65. The van der Waals surface area contributed by atoms with Gasteiger partial charge in [0.15, 0.2) is 5.82 Å². The zero-order chi connectivity index (χ0) is 22.1. The van der Waals surface area contributed by atoms with E-state index >= 15 is 0 Å². The Labute approximate surface area is 183 Å². The van der Waals surface area contributed by atoms with Gasteiger partial charge in [-0.25, -0.2) is 9.97 Å². The summed E-state index contributed by atoms with van der Waals surface area (Å²) < 4.78 is 5.32. The van der Waals surface area contributed by atoms with Crippen molar-refractivity contribution >= 4 is 17.6 Å². The minimum Gasteiger partial charge on any atom is -0.497 e. The number of carbonyl (C=O) groups excluding carboxylic acids is 2. The van der Waals surface area contributed by atoms with Gasteiger partial charge in [-0.15, -0.1) is 0 Å². The van der Waals surface area contributed by atoms with Gasteiger partial charge in [0.1, 0.15) is 11.6 Å². The third-order valence-electron chi connectivity index (χ3n) is 6.15. The third-order valence-corrected chi connectivity index (χ3v) is 6.15. The number of nitrogens with zero attached hydrogens (tertiary/aromatic N) is 4. The van der Waals surface area contributed by atoms with Crippen LogP contribution < -0.4 is 9.64 Å². The van der Waals surface area contributed by atoms with Crippen molar-refractivity contribution in [1.82, 2.24) is 14.9 Å². The second-order valence-electron chi connectivity index (χ2n) is 8.68. The molecule has 0 bridgehead atoms. The first-order chi connectivity index (χ1) is 14.9. The predicted molar refractivity (Wildman–Crippen MR) is 118 cm³/mol. The van der Waals surface area contributed by atoms with Crippen LogP contribution in [0.2, 0.25) is 0 Å². The normalized spacial score (nSPS) is 18.5. The lowest BCUT2D eigenvalue weighted by atomic mass is 9.99. The highest BCUT2D eigenvalue weighted by Gasteiger charge is 2.36. The van der Waals surface area contributed by atoms with E-state index in [2.05, 4.69) is 0 Å². The van der Waals surface area contributed by atoms with Gasteiger partial charge in [0.25, 0.3) is 0 Å². The molecule has 1 aromatic carbocycles. The number of aryl methyl sites for hydroxylation is 1. The molecule has 7 heteroatoms. The number of anilines is 1. The number of amides is 2. The number of hydrogen-bond acceptors (Lipinski definition) is 5. The van der Waals surface area contributed by atoms with E-state index in [1.54, 1.807) is 12.0 Å². The summed E-state index contributed by atoms with van der Waals surface area (Å²) in [5.74, 6) is 2.17. The van der Waals surface area contributed by atoms with Crippen molar-refractivity contribution in [3.63, 3.8) is 0 Å². The Morgan fingerprint density at radius 3 is 2.81 bits per heavy atom. The van der Waals surface area contributed by atoms with Crippen molar-refractivity contribution in [2.75, 3.05) is 18.6 Å². The monoisotopic (exact) mass is 422 g/mol. The van der Waals surface area contributed by atoms with Crippen molar-refractivity contribution in [3.8, 4) is 5.75 Å². The molecule has 7 nitrogen and oxygen atoms in total. The molecule has 0 N–H and O–H groups in total. The van der Waals surface area contributed by atoms with Crippen LogP contribution in [0.5, 0.6) is 5.75 Å². The second-order valence-corrected chi connectivity index (χ2v) is 8.68. The van der Waals surface area contributed by atoms with Crippen molar-refractivity contribution in [2.45, 2.75) is 59.0 Å². The van der Waals surface area contributed by atoms with Crippen molar-refractivity contribution in [2.24, 2.45) is 5.92 Å². The summed E-state index contributed by atoms with van der Waals surface area (Å²) in [5, 5.41) is 0. The third kappa shape index (κ3) is 4.13. The van der Waals surface area contributed by atoms with Crippen molar-refractivity contribution in [1.29, 1.82) is 0 Å². The Kier molecular flexibility index (Phi) is 5.94. The van der Waals surface area contributed by atoms with Gasteiger partial charge in [0, 0.05) is 23.7 Å². The highest BCUT2D eigenvalue weighted by atomic mass is 16.5. The Hall–Kier alpha value is -2.96. The SMILES string of the molecule is COc1cccc(CN2C(=O)Cc3c(C)nc([C@@H]4CCCCN4C(=O)C(C)C)nc32)c1. The van der Waals surface area contributed by atoms with Crippen molar-refractivity contribution in [3.05, 3.63) is 46.9 Å². The number of aromatic nitrogens is 2. The van der Waals surface area contributed by atoms with Crippen LogP contribution in [0.4, 0.5) is 5.82 Å². The van der Waals surface area contributed by atoms with Crippen LogP contribution in [0.3, 0.4) is 0 Å². The number of ether oxygens (including phenoxy) is 1. The van der Waals surface area contributed by atoms with Gasteiger partial charge in [0.05, 0.1) is 26.1 Å². The summed E-state index contributed by atoms with van der Waals surface area (Å²) in [5.41, 5.74) is 2.69. The Balaban J connectivity index is 1.68. The maximum Gasteiger partial charge on any atom is 0.233 e. The lowest BCUT2D eigenvalue weighted by Gasteiger charge is -2.36. The first-order valence-electron chi connectivity index (χ1n) is 11.0. The molecule has 0 aliphatic carbocycles. The Morgan fingerprint density at radius 2 is 2.06 bits per heavy atom. The molecule has 4 rings (SSSR count). The summed E-state index contributed by atoms with van der Waals surface area (Å²) >= 11 is 0. The average Bonchev–Trinajstić information content (AvgIpc) is 3.09. The molecular formula is C24H30N4O3. The highest BCUT2D eigenvalue weighted by Crippen LogP contribution is 2.35. The number of piperidine rings is 1. The fourth-order valence-corrected chi connectivity index (χ4v) is 4.46. The maximum atomic E-state index is 12.9. The van der Waals surface area contributed by atoms with E-state index in [1.807, 2.05) is 49.9 Å². The number of benzene rings is 1. The zero-order valence-electron chi connectivity index (χ0n) is 18.7. The topological polar surface area (TPSA) is 75.6 Å². The van der Waals surface area contributed by atoms with Crippen LogP contribution in [0.1, 0.15) is 61.8 Å². The van der Waals surface area contributed by atoms with Crippen molar-refractivity contribution < 1.29 is 14.3 Å². The summed E-state index contributed by atoms with van der Waals surface area (Å²) in [6, 6.07) is 7.58. The van der Waals surface area contributed by atoms with E-state index in [1.165, 1.54) is 0 Å². The van der Waals surface area contributed by atoms with Gasteiger partial charge in [-0.3, -0.25) is 14.5 Å². The standard InChI is InChI=1S/C24H30N4O3/c1-15(2)24(30)27-11-6-5-10-20(27)22-25-16(3)19-13-21(29)28(23(19)26-22)14-17-8-7-9-18(12-17)31-4/h7-9,12,15,20H,5-6,10-11,13-14H2,1-4H3/t20-/m0/s1. The molecule has 0 radical (unpaired) electrons. The molecule has 1 saturated heterocycles. The van der Waals surface area contributed by atoms with Crippen LogP contribution in [-0.4, -0.2) is 40.3 Å². The van der Waals surface area contributed by atoms with E-state index in [0.29, 0.717) is 24.6 Å².